The maximum absolute atomic E-state index is 12.0. The highest BCUT2D eigenvalue weighted by molar-refractivity contribution is 7.89. The molecule has 7 heteroatoms. The van der Waals surface area contributed by atoms with Gasteiger partial charge < -0.3 is 9.84 Å². The van der Waals surface area contributed by atoms with Gasteiger partial charge in [-0.05, 0) is 24.6 Å². The van der Waals surface area contributed by atoms with Gasteiger partial charge in [-0.2, -0.15) is 0 Å². The second-order valence-electron chi connectivity index (χ2n) is 4.01. The molecule has 1 aliphatic heterocycles. The van der Waals surface area contributed by atoms with Gasteiger partial charge in [-0.25, -0.2) is 17.9 Å². The van der Waals surface area contributed by atoms with E-state index in [0.29, 0.717) is 19.6 Å². The number of benzene rings is 1. The van der Waals surface area contributed by atoms with Crippen LogP contribution in [0.3, 0.4) is 0 Å². The molecule has 18 heavy (non-hydrogen) atoms. The fourth-order valence-electron chi connectivity index (χ4n) is 1.71. The van der Waals surface area contributed by atoms with Crippen LogP contribution in [0.4, 0.5) is 0 Å². The largest absolute Gasteiger partial charge is 0.478 e. The molecular formula is C11H13NO5S. The van der Waals surface area contributed by atoms with Gasteiger partial charge in [0, 0.05) is 12.6 Å². The Morgan fingerprint density at radius 2 is 2.22 bits per heavy atom. The van der Waals surface area contributed by atoms with Crippen LogP contribution in [0, 0.1) is 0 Å². The first-order chi connectivity index (χ1) is 8.49. The van der Waals surface area contributed by atoms with E-state index in [9.17, 15) is 13.2 Å². The molecule has 1 heterocycles. The van der Waals surface area contributed by atoms with Crippen molar-refractivity contribution < 1.29 is 23.1 Å². The summed E-state index contributed by atoms with van der Waals surface area (Å²) in [5.74, 6) is -1.16. The van der Waals surface area contributed by atoms with Crippen molar-refractivity contribution >= 4 is 16.0 Å². The molecule has 0 spiro atoms. The summed E-state index contributed by atoms with van der Waals surface area (Å²) < 4.78 is 31.6. The summed E-state index contributed by atoms with van der Waals surface area (Å²) >= 11 is 0. The van der Waals surface area contributed by atoms with Crippen LogP contribution in [-0.2, 0) is 14.8 Å². The highest BCUT2D eigenvalue weighted by Gasteiger charge is 2.23. The molecule has 1 aliphatic rings. The third-order valence-corrected chi connectivity index (χ3v) is 4.16. The molecule has 1 aromatic carbocycles. The van der Waals surface area contributed by atoms with Gasteiger partial charge in [0.15, 0.2) is 0 Å². The van der Waals surface area contributed by atoms with Crippen molar-refractivity contribution in [1.29, 1.82) is 0 Å². The highest BCUT2D eigenvalue weighted by atomic mass is 32.2. The van der Waals surface area contributed by atoms with Crippen molar-refractivity contribution in [2.45, 2.75) is 17.4 Å². The molecule has 0 amide bonds. The fraction of sp³-hybridized carbons (Fsp3) is 0.364. The maximum Gasteiger partial charge on any atom is 0.335 e. The molecule has 1 aromatic rings. The van der Waals surface area contributed by atoms with Crippen LogP contribution >= 0.6 is 0 Å². The van der Waals surface area contributed by atoms with Gasteiger partial charge in [-0.3, -0.25) is 0 Å². The third kappa shape index (κ3) is 2.87. The summed E-state index contributed by atoms with van der Waals surface area (Å²) in [5.41, 5.74) is -0.0550. The van der Waals surface area contributed by atoms with Crippen LogP contribution in [0.2, 0.25) is 0 Å². The average Bonchev–Trinajstić information content (AvgIpc) is 2.81. The van der Waals surface area contributed by atoms with Gasteiger partial charge in [-0.1, -0.05) is 6.07 Å². The Kier molecular flexibility index (Phi) is 3.65. The number of carboxylic acid groups (broad SMARTS) is 1. The normalized spacial score (nSPS) is 19.9. The highest BCUT2D eigenvalue weighted by Crippen LogP contribution is 2.14. The Balaban J connectivity index is 2.23. The van der Waals surface area contributed by atoms with E-state index in [1.807, 2.05) is 0 Å². The topological polar surface area (TPSA) is 92.7 Å². The fourth-order valence-corrected chi connectivity index (χ4v) is 3.01. The van der Waals surface area contributed by atoms with E-state index in [1.165, 1.54) is 18.2 Å². The van der Waals surface area contributed by atoms with Crippen molar-refractivity contribution in [1.82, 2.24) is 4.72 Å². The van der Waals surface area contributed by atoms with Crippen LogP contribution in [-0.4, -0.2) is 38.7 Å². The molecule has 0 aliphatic carbocycles. The molecule has 1 saturated heterocycles. The molecule has 1 fully saturated rings. The Labute approximate surface area is 105 Å². The summed E-state index contributed by atoms with van der Waals surface area (Å²) in [4.78, 5) is 10.7. The number of carboxylic acids is 1. The predicted octanol–water partition coefficient (Wildman–Crippen LogP) is 0.452. The van der Waals surface area contributed by atoms with Crippen LogP contribution in [0.5, 0.6) is 0 Å². The zero-order chi connectivity index (χ0) is 13.2. The molecule has 2 rings (SSSR count). The molecule has 6 nitrogen and oxygen atoms in total. The smallest absolute Gasteiger partial charge is 0.335 e. The summed E-state index contributed by atoms with van der Waals surface area (Å²) in [6.45, 7) is 0.875. The zero-order valence-corrected chi connectivity index (χ0v) is 10.3. The molecule has 0 bridgehead atoms. The standard InChI is InChI=1S/C11H13NO5S/c13-11(14)8-2-1-3-10(6-8)18(15,16)12-9-4-5-17-7-9/h1-3,6,9,12H,4-5,7H2,(H,13,14)/t9-/m1/s1. The first-order valence-corrected chi connectivity index (χ1v) is 6.91. The number of ether oxygens (including phenoxy) is 1. The lowest BCUT2D eigenvalue weighted by Gasteiger charge is -2.11. The Bertz CT molecular complexity index is 548. The zero-order valence-electron chi connectivity index (χ0n) is 9.50. The Hall–Kier alpha value is -1.44. The van der Waals surface area contributed by atoms with E-state index in [0.717, 1.165) is 6.07 Å². The van der Waals surface area contributed by atoms with Crippen LogP contribution in [0.25, 0.3) is 0 Å². The molecule has 0 saturated carbocycles. The van der Waals surface area contributed by atoms with Gasteiger partial charge in [0.2, 0.25) is 10.0 Å². The van der Waals surface area contributed by atoms with E-state index in [-0.39, 0.29) is 16.5 Å². The van der Waals surface area contributed by atoms with E-state index in [4.69, 9.17) is 9.84 Å². The summed E-state index contributed by atoms with van der Waals surface area (Å²) in [6.07, 6.45) is 0.623. The molecule has 2 N–H and O–H groups in total. The SMILES string of the molecule is O=C(O)c1cccc(S(=O)(=O)N[C@@H]2CCOC2)c1. The number of carbonyl (C=O) groups is 1. The first-order valence-electron chi connectivity index (χ1n) is 5.42. The summed E-state index contributed by atoms with van der Waals surface area (Å²) in [6, 6.07) is 5.01. The number of hydrogen-bond acceptors (Lipinski definition) is 4. The molecule has 0 aromatic heterocycles. The van der Waals surface area contributed by atoms with Gasteiger partial charge >= 0.3 is 5.97 Å². The number of sulfonamides is 1. The van der Waals surface area contributed by atoms with E-state index >= 15 is 0 Å². The molecular weight excluding hydrogens is 258 g/mol. The van der Waals surface area contributed by atoms with Gasteiger partial charge in [0.1, 0.15) is 0 Å². The number of rotatable bonds is 4. The lowest BCUT2D eigenvalue weighted by atomic mass is 10.2. The molecule has 1 atom stereocenters. The van der Waals surface area contributed by atoms with E-state index in [2.05, 4.69) is 4.72 Å². The maximum atomic E-state index is 12.0. The Morgan fingerprint density at radius 1 is 1.44 bits per heavy atom. The number of nitrogens with one attached hydrogen (secondary N) is 1. The van der Waals surface area contributed by atoms with Crippen molar-refractivity contribution in [3.63, 3.8) is 0 Å². The number of aromatic carboxylic acids is 1. The minimum Gasteiger partial charge on any atom is -0.478 e. The minimum absolute atomic E-state index is 0.0469. The minimum atomic E-state index is -3.69. The molecule has 0 radical (unpaired) electrons. The van der Waals surface area contributed by atoms with Gasteiger partial charge in [0.25, 0.3) is 0 Å². The average molecular weight is 271 g/mol. The van der Waals surface area contributed by atoms with Crippen molar-refractivity contribution in [3.05, 3.63) is 29.8 Å². The summed E-state index contributed by atoms with van der Waals surface area (Å²) in [5, 5.41) is 8.82. The van der Waals surface area contributed by atoms with Crippen molar-refractivity contribution in [2.24, 2.45) is 0 Å². The van der Waals surface area contributed by atoms with Gasteiger partial charge in [-0.15, -0.1) is 0 Å². The summed E-state index contributed by atoms with van der Waals surface area (Å²) in [7, 11) is -3.69. The third-order valence-electron chi connectivity index (χ3n) is 2.64. The lowest BCUT2D eigenvalue weighted by molar-refractivity contribution is 0.0696. The molecule has 98 valence electrons. The van der Waals surface area contributed by atoms with E-state index in [1.54, 1.807) is 0 Å². The van der Waals surface area contributed by atoms with Crippen molar-refractivity contribution in [2.75, 3.05) is 13.2 Å². The van der Waals surface area contributed by atoms with Crippen molar-refractivity contribution in [3.8, 4) is 0 Å². The lowest BCUT2D eigenvalue weighted by Crippen LogP contribution is -2.35. The van der Waals surface area contributed by atoms with E-state index < -0.39 is 16.0 Å². The van der Waals surface area contributed by atoms with Crippen LogP contribution in [0.1, 0.15) is 16.8 Å². The second kappa shape index (κ2) is 5.05. The Morgan fingerprint density at radius 3 is 2.83 bits per heavy atom. The second-order valence-corrected chi connectivity index (χ2v) is 5.73. The molecule has 0 unspecified atom stereocenters. The van der Waals surface area contributed by atoms with Crippen LogP contribution < -0.4 is 4.72 Å². The number of hydrogen-bond donors (Lipinski definition) is 2. The predicted molar refractivity (Wildman–Crippen MR) is 62.9 cm³/mol. The quantitative estimate of drug-likeness (QED) is 0.829. The first kappa shape index (κ1) is 13.0. The van der Waals surface area contributed by atoms with Crippen LogP contribution in [0.15, 0.2) is 29.2 Å². The monoisotopic (exact) mass is 271 g/mol. The van der Waals surface area contributed by atoms with Gasteiger partial charge in [0.05, 0.1) is 17.1 Å².